The van der Waals surface area contributed by atoms with Crippen molar-refractivity contribution in [2.45, 2.75) is 26.3 Å². The fraction of sp³-hybridized carbons (Fsp3) is 0.600. The van der Waals surface area contributed by atoms with E-state index < -0.39 is 5.54 Å². The van der Waals surface area contributed by atoms with Gasteiger partial charge >= 0.3 is 0 Å². The summed E-state index contributed by atoms with van der Waals surface area (Å²) >= 11 is 0. The van der Waals surface area contributed by atoms with Crippen LogP contribution >= 0.6 is 0 Å². The van der Waals surface area contributed by atoms with Gasteiger partial charge in [-0.05, 0) is 24.6 Å². The molecule has 1 rings (SSSR count). The topological polar surface area (TPSA) is 52.4 Å². The monoisotopic (exact) mass is 197 g/mol. The second-order valence-electron chi connectivity index (χ2n) is 3.83. The lowest BCUT2D eigenvalue weighted by atomic mass is 9.81. The molecular weight excluding hydrogens is 182 g/mol. The van der Waals surface area contributed by atoms with Crippen LogP contribution in [0.5, 0.6) is 0 Å². The van der Waals surface area contributed by atoms with Crippen LogP contribution in [0.4, 0.5) is 0 Å². The largest absolute Gasteiger partial charge is 0.497 e. The van der Waals surface area contributed by atoms with E-state index in [1.165, 1.54) is 0 Å². The molecule has 0 saturated heterocycles. The van der Waals surface area contributed by atoms with E-state index in [1.807, 2.05) is 13.8 Å². The van der Waals surface area contributed by atoms with Crippen molar-refractivity contribution in [2.75, 3.05) is 7.11 Å². The van der Waals surface area contributed by atoms with Gasteiger partial charge < -0.3 is 4.74 Å². The van der Waals surface area contributed by atoms with Gasteiger partial charge in [-0.25, -0.2) is 0 Å². The summed E-state index contributed by atoms with van der Waals surface area (Å²) in [5.74, 6) is 0.577. The Morgan fingerprint density at radius 1 is 1.64 bits per heavy atom. The minimum atomic E-state index is -1.01. The summed E-state index contributed by atoms with van der Waals surface area (Å²) in [6.07, 6.45) is 3.47. The van der Waals surface area contributed by atoms with Crippen LogP contribution in [0.2, 0.25) is 0 Å². The fourth-order valence-electron chi connectivity index (χ4n) is 1.62. The van der Waals surface area contributed by atoms with Crippen LogP contribution in [-0.4, -0.2) is 17.6 Å². The molecule has 1 unspecified atom stereocenters. The highest BCUT2D eigenvalue weighted by atomic mass is 16.6. The predicted molar refractivity (Wildman–Crippen MR) is 53.4 cm³/mol. The molecule has 0 aromatic rings. The third kappa shape index (κ3) is 1.52. The van der Waals surface area contributed by atoms with Gasteiger partial charge in [0.25, 0.3) is 0 Å². The van der Waals surface area contributed by atoms with E-state index in [2.05, 4.69) is 0 Å². The number of methoxy groups -OCH3 is 1. The number of hydrogen-bond acceptors (Lipinski definition) is 3. The molecule has 2 atom stereocenters. The second kappa shape index (κ2) is 3.44. The van der Waals surface area contributed by atoms with E-state index in [1.54, 1.807) is 26.2 Å². The Morgan fingerprint density at radius 3 is 2.64 bits per heavy atom. The van der Waals surface area contributed by atoms with E-state index in [-0.39, 0.29) is 10.8 Å². The Morgan fingerprint density at radius 2 is 2.21 bits per heavy atom. The van der Waals surface area contributed by atoms with Gasteiger partial charge in [0.15, 0.2) is 0 Å². The highest BCUT2D eigenvalue weighted by Gasteiger charge is 2.43. The first-order valence-electron chi connectivity index (χ1n) is 4.52. The molecule has 14 heavy (non-hydrogen) atoms. The lowest BCUT2D eigenvalue weighted by Gasteiger charge is -2.27. The lowest BCUT2D eigenvalue weighted by molar-refractivity contribution is -0.558. The summed E-state index contributed by atoms with van der Waals surface area (Å²) in [5, 5.41) is 10.9. The SMILES string of the molecule is COC1=C[C@H](C)C(C)([N+](=O)[O-])C=C1C. The van der Waals surface area contributed by atoms with Gasteiger partial charge in [-0.15, -0.1) is 0 Å². The molecule has 0 aliphatic heterocycles. The number of rotatable bonds is 2. The fourth-order valence-corrected chi connectivity index (χ4v) is 1.62. The third-order valence-corrected chi connectivity index (χ3v) is 2.83. The predicted octanol–water partition coefficient (Wildman–Crippen LogP) is 2.15. The second-order valence-corrected chi connectivity index (χ2v) is 3.83. The maximum absolute atomic E-state index is 10.9. The Balaban J connectivity index is 3.10. The zero-order valence-electron chi connectivity index (χ0n) is 8.90. The Bertz CT molecular complexity index is 319. The number of nitro groups is 1. The summed E-state index contributed by atoms with van der Waals surface area (Å²) in [6, 6.07) is 0. The average molecular weight is 197 g/mol. The minimum absolute atomic E-state index is 0.156. The molecule has 0 heterocycles. The van der Waals surface area contributed by atoms with Crippen molar-refractivity contribution in [2.24, 2.45) is 5.92 Å². The number of ether oxygens (including phenoxy) is 1. The number of nitrogens with zero attached hydrogens (tertiary/aromatic N) is 1. The van der Waals surface area contributed by atoms with Crippen LogP contribution in [0.3, 0.4) is 0 Å². The van der Waals surface area contributed by atoms with Gasteiger partial charge in [0, 0.05) is 11.8 Å². The molecule has 0 amide bonds. The summed E-state index contributed by atoms with van der Waals surface area (Å²) < 4.78 is 5.12. The molecule has 0 radical (unpaired) electrons. The van der Waals surface area contributed by atoms with Crippen molar-refractivity contribution in [3.8, 4) is 0 Å². The Kier molecular flexibility index (Phi) is 2.64. The van der Waals surface area contributed by atoms with Crippen molar-refractivity contribution in [3.05, 3.63) is 33.6 Å². The summed E-state index contributed by atoms with van der Waals surface area (Å²) in [7, 11) is 1.57. The molecule has 1 aliphatic rings. The Hall–Kier alpha value is -1.32. The normalized spacial score (nSPS) is 31.9. The highest BCUT2D eigenvalue weighted by Crippen LogP contribution is 2.33. The van der Waals surface area contributed by atoms with E-state index in [9.17, 15) is 10.1 Å². The van der Waals surface area contributed by atoms with Crippen LogP contribution < -0.4 is 0 Å². The van der Waals surface area contributed by atoms with Crippen LogP contribution in [0.1, 0.15) is 20.8 Å². The number of allylic oxidation sites excluding steroid dienone is 1. The number of hydrogen-bond donors (Lipinski definition) is 0. The molecule has 0 aromatic carbocycles. The lowest BCUT2D eigenvalue weighted by Crippen LogP contribution is -2.40. The first kappa shape index (κ1) is 10.8. The molecule has 0 fully saturated rings. The summed E-state index contributed by atoms with van der Waals surface area (Å²) in [4.78, 5) is 10.7. The van der Waals surface area contributed by atoms with Gasteiger partial charge in [0.2, 0.25) is 5.54 Å². The van der Waals surface area contributed by atoms with E-state index >= 15 is 0 Å². The molecular formula is C10H15NO3. The van der Waals surface area contributed by atoms with Crippen LogP contribution in [0.25, 0.3) is 0 Å². The van der Waals surface area contributed by atoms with Crippen molar-refractivity contribution in [1.29, 1.82) is 0 Å². The third-order valence-electron chi connectivity index (χ3n) is 2.83. The first-order valence-corrected chi connectivity index (χ1v) is 4.52. The van der Waals surface area contributed by atoms with Gasteiger partial charge in [-0.1, -0.05) is 6.92 Å². The maximum Gasteiger partial charge on any atom is 0.244 e. The molecule has 1 aliphatic carbocycles. The van der Waals surface area contributed by atoms with Gasteiger partial charge in [-0.3, -0.25) is 10.1 Å². The molecule has 4 heteroatoms. The molecule has 78 valence electrons. The summed E-state index contributed by atoms with van der Waals surface area (Å²) in [6.45, 7) is 5.28. The van der Waals surface area contributed by atoms with Crippen molar-refractivity contribution >= 4 is 0 Å². The molecule has 0 spiro atoms. The molecule has 4 nitrogen and oxygen atoms in total. The van der Waals surface area contributed by atoms with Crippen molar-refractivity contribution < 1.29 is 9.66 Å². The van der Waals surface area contributed by atoms with Crippen molar-refractivity contribution in [1.82, 2.24) is 0 Å². The molecule has 0 saturated carbocycles. The van der Waals surface area contributed by atoms with Gasteiger partial charge in [0.05, 0.1) is 13.0 Å². The highest BCUT2D eigenvalue weighted by molar-refractivity contribution is 5.33. The Labute approximate surface area is 83.4 Å². The van der Waals surface area contributed by atoms with E-state index in [0.717, 1.165) is 11.3 Å². The maximum atomic E-state index is 10.9. The van der Waals surface area contributed by atoms with Crippen LogP contribution in [0, 0.1) is 16.0 Å². The van der Waals surface area contributed by atoms with Gasteiger partial charge in [-0.2, -0.15) is 0 Å². The molecule has 0 N–H and O–H groups in total. The minimum Gasteiger partial charge on any atom is -0.497 e. The quantitative estimate of drug-likeness (QED) is 0.503. The molecule has 0 bridgehead atoms. The average Bonchev–Trinajstić information content (AvgIpc) is 2.11. The standard InChI is InChI=1S/C10H15NO3/c1-7-6-10(3,11(12)13)8(2)5-9(7)14-4/h5-6,8H,1-4H3/t8-,10?/m0/s1. The van der Waals surface area contributed by atoms with Crippen LogP contribution in [-0.2, 0) is 4.74 Å². The van der Waals surface area contributed by atoms with Gasteiger partial charge in [0.1, 0.15) is 5.76 Å². The zero-order chi connectivity index (χ0) is 10.9. The first-order chi connectivity index (χ1) is 6.41. The van der Waals surface area contributed by atoms with E-state index in [4.69, 9.17) is 4.74 Å². The van der Waals surface area contributed by atoms with Crippen molar-refractivity contribution in [3.63, 3.8) is 0 Å². The van der Waals surface area contributed by atoms with Crippen LogP contribution in [0.15, 0.2) is 23.5 Å². The molecule has 0 aromatic heterocycles. The van der Waals surface area contributed by atoms with E-state index in [0.29, 0.717) is 0 Å². The zero-order valence-corrected chi connectivity index (χ0v) is 8.90. The summed E-state index contributed by atoms with van der Waals surface area (Å²) in [5.41, 5.74) is -0.184. The smallest absolute Gasteiger partial charge is 0.244 e.